The minimum absolute atomic E-state index is 0.0508. The molecular weight excluding hydrogens is 214 g/mol. The van der Waals surface area contributed by atoms with E-state index in [1.54, 1.807) is 18.2 Å². The average molecular weight is 230 g/mol. The van der Waals surface area contributed by atoms with Crippen LogP contribution in [-0.4, -0.2) is 17.8 Å². The monoisotopic (exact) mass is 229 g/mol. The third-order valence-electron chi connectivity index (χ3n) is 1.92. The van der Waals surface area contributed by atoms with Crippen molar-refractivity contribution in [2.75, 3.05) is 6.54 Å². The fourth-order valence-electron chi connectivity index (χ4n) is 1.27. The van der Waals surface area contributed by atoms with E-state index >= 15 is 0 Å². The second-order valence-corrected chi connectivity index (χ2v) is 4.04. The summed E-state index contributed by atoms with van der Waals surface area (Å²) in [6.45, 7) is 4.00. The summed E-state index contributed by atoms with van der Waals surface area (Å²) in [7, 11) is 0. The normalized spacial score (nSPS) is 12.9. The molecular formula is C11H16ClNO2. The lowest BCUT2D eigenvalue weighted by atomic mass is 10.1. The molecule has 3 nitrogen and oxygen atoms in total. The molecule has 1 aromatic carbocycles. The van der Waals surface area contributed by atoms with Gasteiger partial charge in [0, 0.05) is 17.1 Å². The second kappa shape index (κ2) is 5.35. The van der Waals surface area contributed by atoms with Gasteiger partial charge in [0.1, 0.15) is 5.75 Å². The van der Waals surface area contributed by atoms with Gasteiger partial charge in [-0.15, -0.1) is 0 Å². The van der Waals surface area contributed by atoms with Crippen LogP contribution in [0.5, 0.6) is 5.75 Å². The third-order valence-corrected chi connectivity index (χ3v) is 2.15. The first kappa shape index (κ1) is 12.3. The summed E-state index contributed by atoms with van der Waals surface area (Å²) in [4.78, 5) is 0. The van der Waals surface area contributed by atoms with Gasteiger partial charge in [0.15, 0.2) is 0 Å². The largest absolute Gasteiger partial charge is 0.491 e. The Balaban J connectivity index is 3.02. The van der Waals surface area contributed by atoms with E-state index in [9.17, 15) is 5.11 Å². The molecule has 0 aromatic heterocycles. The Bertz CT molecular complexity index is 328. The molecule has 4 heteroatoms. The predicted molar refractivity (Wildman–Crippen MR) is 61.2 cm³/mol. The van der Waals surface area contributed by atoms with Gasteiger partial charge in [-0.05, 0) is 32.0 Å². The Morgan fingerprint density at radius 1 is 1.47 bits per heavy atom. The van der Waals surface area contributed by atoms with Crippen LogP contribution in [0, 0.1) is 0 Å². The molecule has 0 spiro atoms. The van der Waals surface area contributed by atoms with Crippen molar-refractivity contribution in [1.82, 2.24) is 0 Å². The van der Waals surface area contributed by atoms with E-state index in [1.165, 1.54) is 0 Å². The Morgan fingerprint density at radius 3 is 2.67 bits per heavy atom. The van der Waals surface area contributed by atoms with Gasteiger partial charge in [-0.1, -0.05) is 11.6 Å². The maximum atomic E-state index is 9.68. The third kappa shape index (κ3) is 3.38. The molecule has 0 aliphatic heterocycles. The molecule has 0 fully saturated rings. The summed E-state index contributed by atoms with van der Waals surface area (Å²) in [5.74, 6) is 0.632. The number of ether oxygens (including phenoxy) is 1. The molecule has 0 radical (unpaired) electrons. The maximum absolute atomic E-state index is 9.68. The van der Waals surface area contributed by atoms with Crippen molar-refractivity contribution in [3.63, 3.8) is 0 Å². The van der Waals surface area contributed by atoms with E-state index in [4.69, 9.17) is 22.1 Å². The van der Waals surface area contributed by atoms with Gasteiger partial charge >= 0.3 is 0 Å². The van der Waals surface area contributed by atoms with Gasteiger partial charge in [0.2, 0.25) is 0 Å². The van der Waals surface area contributed by atoms with Crippen LogP contribution in [0.2, 0.25) is 5.02 Å². The summed E-state index contributed by atoms with van der Waals surface area (Å²) < 4.78 is 5.55. The van der Waals surface area contributed by atoms with Crippen LogP contribution in [0.25, 0.3) is 0 Å². The number of halogens is 1. The molecule has 0 saturated carbocycles. The minimum atomic E-state index is -0.738. The molecule has 15 heavy (non-hydrogen) atoms. The van der Waals surface area contributed by atoms with Crippen LogP contribution < -0.4 is 10.5 Å². The molecule has 0 amide bonds. The summed E-state index contributed by atoms with van der Waals surface area (Å²) in [6.07, 6.45) is -0.688. The number of rotatable bonds is 4. The molecule has 0 aliphatic rings. The van der Waals surface area contributed by atoms with E-state index in [2.05, 4.69) is 0 Å². The number of aliphatic hydroxyl groups is 1. The Kier molecular flexibility index (Phi) is 4.39. The lowest BCUT2D eigenvalue weighted by molar-refractivity contribution is 0.173. The first-order valence-corrected chi connectivity index (χ1v) is 5.26. The zero-order chi connectivity index (χ0) is 11.4. The fourth-order valence-corrected chi connectivity index (χ4v) is 1.45. The number of aliphatic hydroxyl groups excluding tert-OH is 1. The SMILES string of the molecule is CC(C)Oc1ccc(Cl)cc1C(O)CN. The fraction of sp³-hybridized carbons (Fsp3) is 0.455. The molecule has 1 atom stereocenters. The highest BCUT2D eigenvalue weighted by atomic mass is 35.5. The van der Waals surface area contributed by atoms with Crippen molar-refractivity contribution in [1.29, 1.82) is 0 Å². The number of benzene rings is 1. The lowest BCUT2D eigenvalue weighted by Crippen LogP contribution is -2.15. The zero-order valence-corrected chi connectivity index (χ0v) is 9.66. The number of hydrogen-bond donors (Lipinski definition) is 2. The van der Waals surface area contributed by atoms with Gasteiger partial charge in [-0.3, -0.25) is 0 Å². The van der Waals surface area contributed by atoms with E-state index in [0.29, 0.717) is 16.3 Å². The van der Waals surface area contributed by atoms with Crippen LogP contribution in [0.4, 0.5) is 0 Å². The smallest absolute Gasteiger partial charge is 0.125 e. The lowest BCUT2D eigenvalue weighted by Gasteiger charge is -2.17. The van der Waals surface area contributed by atoms with E-state index in [-0.39, 0.29) is 12.6 Å². The topological polar surface area (TPSA) is 55.5 Å². The Morgan fingerprint density at radius 2 is 2.13 bits per heavy atom. The summed E-state index contributed by atoms with van der Waals surface area (Å²) in [5, 5.41) is 10.2. The van der Waals surface area contributed by atoms with Crippen LogP contribution in [0.3, 0.4) is 0 Å². The van der Waals surface area contributed by atoms with Crippen LogP contribution in [0.15, 0.2) is 18.2 Å². The molecule has 1 unspecified atom stereocenters. The quantitative estimate of drug-likeness (QED) is 0.832. The molecule has 1 aromatic rings. The molecule has 0 saturated heterocycles. The van der Waals surface area contributed by atoms with Crippen molar-refractivity contribution in [3.05, 3.63) is 28.8 Å². The van der Waals surface area contributed by atoms with Crippen LogP contribution in [-0.2, 0) is 0 Å². The first-order chi connectivity index (χ1) is 7.04. The number of nitrogens with two attached hydrogens (primary N) is 1. The van der Waals surface area contributed by atoms with E-state index in [0.717, 1.165) is 0 Å². The van der Waals surface area contributed by atoms with Gasteiger partial charge in [-0.2, -0.15) is 0 Å². The molecule has 84 valence electrons. The van der Waals surface area contributed by atoms with Gasteiger partial charge in [0.05, 0.1) is 12.2 Å². The highest BCUT2D eigenvalue weighted by Gasteiger charge is 2.13. The Labute approximate surface area is 94.8 Å². The molecule has 0 heterocycles. The van der Waals surface area contributed by atoms with E-state index in [1.807, 2.05) is 13.8 Å². The van der Waals surface area contributed by atoms with Crippen molar-refractivity contribution >= 4 is 11.6 Å². The van der Waals surface area contributed by atoms with Gasteiger partial charge in [0.25, 0.3) is 0 Å². The van der Waals surface area contributed by atoms with Crippen LogP contribution in [0.1, 0.15) is 25.5 Å². The summed E-state index contributed by atoms with van der Waals surface area (Å²) in [5.41, 5.74) is 6.04. The van der Waals surface area contributed by atoms with Gasteiger partial charge in [-0.25, -0.2) is 0 Å². The highest BCUT2D eigenvalue weighted by Crippen LogP contribution is 2.28. The number of hydrogen-bond acceptors (Lipinski definition) is 3. The molecule has 0 aliphatic carbocycles. The standard InChI is InChI=1S/C11H16ClNO2/c1-7(2)15-11-4-3-8(12)5-9(11)10(14)6-13/h3-5,7,10,14H,6,13H2,1-2H3. The first-order valence-electron chi connectivity index (χ1n) is 4.88. The summed E-state index contributed by atoms with van der Waals surface area (Å²) >= 11 is 5.85. The summed E-state index contributed by atoms with van der Waals surface area (Å²) in [6, 6.07) is 5.15. The molecule has 0 bridgehead atoms. The minimum Gasteiger partial charge on any atom is -0.491 e. The Hall–Kier alpha value is -0.770. The van der Waals surface area contributed by atoms with Crippen molar-refractivity contribution in [2.45, 2.75) is 26.1 Å². The molecule has 3 N–H and O–H groups in total. The second-order valence-electron chi connectivity index (χ2n) is 3.60. The predicted octanol–water partition coefficient (Wildman–Crippen LogP) is 2.12. The van der Waals surface area contributed by atoms with Crippen molar-refractivity contribution in [2.24, 2.45) is 5.73 Å². The average Bonchev–Trinajstić information content (AvgIpc) is 2.19. The highest BCUT2D eigenvalue weighted by molar-refractivity contribution is 6.30. The maximum Gasteiger partial charge on any atom is 0.125 e. The van der Waals surface area contributed by atoms with E-state index < -0.39 is 6.10 Å². The van der Waals surface area contributed by atoms with Crippen LogP contribution >= 0.6 is 11.6 Å². The van der Waals surface area contributed by atoms with Gasteiger partial charge < -0.3 is 15.6 Å². The van der Waals surface area contributed by atoms with Crippen molar-refractivity contribution < 1.29 is 9.84 Å². The molecule has 1 rings (SSSR count). The van der Waals surface area contributed by atoms with Crippen molar-refractivity contribution in [3.8, 4) is 5.75 Å². The zero-order valence-electron chi connectivity index (χ0n) is 8.90.